The summed E-state index contributed by atoms with van der Waals surface area (Å²) >= 11 is 0. The fourth-order valence-corrected chi connectivity index (χ4v) is 3.25. The predicted octanol–water partition coefficient (Wildman–Crippen LogP) is 2.29. The van der Waals surface area contributed by atoms with E-state index in [9.17, 15) is 0 Å². The van der Waals surface area contributed by atoms with Gasteiger partial charge < -0.3 is 25.0 Å². The third kappa shape index (κ3) is 6.09. The lowest BCUT2D eigenvalue weighted by atomic mass is 10.1. The van der Waals surface area contributed by atoms with Gasteiger partial charge in [-0.2, -0.15) is 0 Å². The van der Waals surface area contributed by atoms with Crippen molar-refractivity contribution in [2.75, 3.05) is 46.9 Å². The van der Waals surface area contributed by atoms with Crippen LogP contribution in [0.3, 0.4) is 0 Å². The molecule has 26 heavy (non-hydrogen) atoms. The van der Waals surface area contributed by atoms with Crippen molar-refractivity contribution < 1.29 is 9.47 Å². The van der Waals surface area contributed by atoms with Gasteiger partial charge in [0, 0.05) is 26.2 Å². The lowest BCUT2D eigenvalue weighted by Crippen LogP contribution is -2.44. The molecule has 1 unspecified atom stereocenters. The molecule has 0 amide bonds. The Bertz CT molecular complexity index is 577. The van der Waals surface area contributed by atoms with Gasteiger partial charge in [-0.05, 0) is 64.4 Å². The zero-order chi connectivity index (χ0) is 18.8. The molecule has 1 aromatic carbocycles. The van der Waals surface area contributed by atoms with E-state index in [1.54, 1.807) is 0 Å². The molecule has 1 atom stereocenters. The third-order valence-corrected chi connectivity index (χ3v) is 4.71. The minimum absolute atomic E-state index is 0.605. The van der Waals surface area contributed by atoms with Gasteiger partial charge in [0.1, 0.15) is 0 Å². The molecule has 1 aliphatic heterocycles. The van der Waals surface area contributed by atoms with Gasteiger partial charge in [-0.15, -0.1) is 0 Å². The number of rotatable bonds is 9. The van der Waals surface area contributed by atoms with Crippen LogP contribution in [0.15, 0.2) is 23.2 Å². The summed E-state index contributed by atoms with van der Waals surface area (Å²) in [5.74, 6) is 2.49. The number of ether oxygens (including phenoxy) is 2. The van der Waals surface area contributed by atoms with Gasteiger partial charge in [-0.3, -0.25) is 4.99 Å². The number of benzene rings is 1. The van der Waals surface area contributed by atoms with E-state index in [1.807, 2.05) is 27.0 Å². The Morgan fingerprint density at radius 1 is 1.19 bits per heavy atom. The normalized spacial score (nSPS) is 18.0. The topological polar surface area (TPSA) is 58.1 Å². The van der Waals surface area contributed by atoms with Crippen molar-refractivity contribution in [1.82, 2.24) is 15.5 Å². The van der Waals surface area contributed by atoms with Crippen molar-refractivity contribution in [3.8, 4) is 11.5 Å². The summed E-state index contributed by atoms with van der Waals surface area (Å²) < 4.78 is 11.3. The molecule has 1 saturated heterocycles. The molecule has 0 bridgehead atoms. The second-order valence-corrected chi connectivity index (χ2v) is 6.55. The van der Waals surface area contributed by atoms with E-state index in [-0.39, 0.29) is 0 Å². The minimum Gasteiger partial charge on any atom is -0.490 e. The monoisotopic (exact) mass is 362 g/mol. The van der Waals surface area contributed by atoms with Crippen LogP contribution in [-0.2, 0) is 6.42 Å². The molecule has 2 rings (SSSR count). The highest BCUT2D eigenvalue weighted by Gasteiger charge is 2.20. The first-order chi connectivity index (χ1) is 12.7. The molecule has 0 aliphatic carbocycles. The van der Waals surface area contributed by atoms with Crippen molar-refractivity contribution >= 4 is 5.96 Å². The summed E-state index contributed by atoms with van der Waals surface area (Å²) in [5.41, 5.74) is 1.22. The maximum atomic E-state index is 5.70. The molecule has 2 N–H and O–H groups in total. The number of guanidine groups is 1. The zero-order valence-electron chi connectivity index (χ0n) is 16.7. The number of nitrogens with zero attached hydrogens (tertiary/aromatic N) is 2. The number of aliphatic imine (C=N–C) groups is 1. The van der Waals surface area contributed by atoms with Crippen LogP contribution in [0.4, 0.5) is 0 Å². The Kier molecular flexibility index (Phi) is 8.54. The molecule has 0 radical (unpaired) electrons. The van der Waals surface area contributed by atoms with E-state index >= 15 is 0 Å². The standard InChI is InChI=1S/C20H34N4O2/c1-5-25-18-10-9-16(14-19(18)26-6-2)11-12-22-20(21-3)23-15-17-8-7-13-24(17)4/h9-10,14,17H,5-8,11-13,15H2,1-4H3,(H2,21,22,23). The van der Waals surface area contributed by atoms with Gasteiger partial charge in [-0.1, -0.05) is 6.07 Å². The third-order valence-electron chi connectivity index (χ3n) is 4.71. The second-order valence-electron chi connectivity index (χ2n) is 6.55. The molecule has 1 heterocycles. The fourth-order valence-electron chi connectivity index (χ4n) is 3.25. The van der Waals surface area contributed by atoms with Crippen LogP contribution in [0, 0.1) is 0 Å². The van der Waals surface area contributed by atoms with Gasteiger partial charge in [0.15, 0.2) is 17.5 Å². The fraction of sp³-hybridized carbons (Fsp3) is 0.650. The van der Waals surface area contributed by atoms with Crippen LogP contribution in [-0.4, -0.2) is 63.8 Å². The van der Waals surface area contributed by atoms with Gasteiger partial charge in [0.2, 0.25) is 0 Å². The molecule has 1 aliphatic rings. The zero-order valence-corrected chi connectivity index (χ0v) is 16.7. The number of hydrogen-bond donors (Lipinski definition) is 2. The van der Waals surface area contributed by atoms with Crippen molar-refractivity contribution in [2.45, 2.75) is 39.2 Å². The Morgan fingerprint density at radius 2 is 1.96 bits per heavy atom. The van der Waals surface area contributed by atoms with Gasteiger partial charge >= 0.3 is 0 Å². The Balaban J connectivity index is 1.80. The second kappa shape index (κ2) is 10.9. The molecule has 6 heteroatoms. The van der Waals surface area contributed by atoms with E-state index < -0.39 is 0 Å². The average Bonchev–Trinajstić information content (AvgIpc) is 3.05. The van der Waals surface area contributed by atoms with E-state index in [1.165, 1.54) is 24.9 Å². The van der Waals surface area contributed by atoms with Gasteiger partial charge in [0.05, 0.1) is 13.2 Å². The Hall–Kier alpha value is -1.95. The van der Waals surface area contributed by atoms with E-state index in [0.29, 0.717) is 19.3 Å². The first-order valence-corrected chi connectivity index (χ1v) is 9.71. The van der Waals surface area contributed by atoms with Crippen LogP contribution in [0.1, 0.15) is 32.3 Å². The summed E-state index contributed by atoms with van der Waals surface area (Å²) in [6.07, 6.45) is 3.44. The first-order valence-electron chi connectivity index (χ1n) is 9.71. The van der Waals surface area contributed by atoms with E-state index in [2.05, 4.69) is 39.7 Å². The lowest BCUT2D eigenvalue weighted by molar-refractivity contribution is 0.287. The van der Waals surface area contributed by atoms with Gasteiger partial charge in [-0.25, -0.2) is 0 Å². The molecular weight excluding hydrogens is 328 g/mol. The highest BCUT2D eigenvalue weighted by atomic mass is 16.5. The van der Waals surface area contributed by atoms with Crippen molar-refractivity contribution in [3.63, 3.8) is 0 Å². The molecule has 1 aromatic rings. The smallest absolute Gasteiger partial charge is 0.191 e. The molecule has 0 saturated carbocycles. The number of likely N-dealkylation sites (N-methyl/N-ethyl adjacent to an activating group) is 1. The number of hydrogen-bond acceptors (Lipinski definition) is 4. The predicted molar refractivity (Wildman–Crippen MR) is 108 cm³/mol. The van der Waals surface area contributed by atoms with E-state index in [0.717, 1.165) is 37.0 Å². The van der Waals surface area contributed by atoms with Crippen molar-refractivity contribution in [2.24, 2.45) is 4.99 Å². The summed E-state index contributed by atoms with van der Waals surface area (Å²) in [6, 6.07) is 6.76. The molecule has 0 spiro atoms. The highest BCUT2D eigenvalue weighted by Crippen LogP contribution is 2.28. The molecule has 1 fully saturated rings. The summed E-state index contributed by atoms with van der Waals surface area (Å²) in [4.78, 5) is 6.73. The first kappa shape index (κ1) is 20.4. The quantitative estimate of drug-likeness (QED) is 0.521. The minimum atomic E-state index is 0.605. The number of likely N-dealkylation sites (tertiary alicyclic amines) is 1. The molecule has 0 aromatic heterocycles. The van der Waals surface area contributed by atoms with Crippen LogP contribution >= 0.6 is 0 Å². The largest absolute Gasteiger partial charge is 0.490 e. The Morgan fingerprint density at radius 3 is 2.62 bits per heavy atom. The van der Waals surface area contributed by atoms with Crippen LogP contribution < -0.4 is 20.1 Å². The molecule has 146 valence electrons. The van der Waals surface area contributed by atoms with Crippen molar-refractivity contribution in [1.29, 1.82) is 0 Å². The maximum Gasteiger partial charge on any atom is 0.191 e. The van der Waals surface area contributed by atoms with Crippen LogP contribution in [0.25, 0.3) is 0 Å². The lowest BCUT2D eigenvalue weighted by Gasteiger charge is -2.21. The molecular formula is C20H34N4O2. The van der Waals surface area contributed by atoms with Crippen LogP contribution in [0.2, 0.25) is 0 Å². The number of nitrogens with one attached hydrogen (secondary N) is 2. The van der Waals surface area contributed by atoms with Crippen molar-refractivity contribution in [3.05, 3.63) is 23.8 Å². The van der Waals surface area contributed by atoms with Crippen LogP contribution in [0.5, 0.6) is 11.5 Å². The summed E-state index contributed by atoms with van der Waals surface area (Å²) in [6.45, 7) is 8.19. The maximum absolute atomic E-state index is 5.70. The Labute approximate surface area is 158 Å². The molecule has 6 nitrogen and oxygen atoms in total. The van der Waals surface area contributed by atoms with Gasteiger partial charge in [0.25, 0.3) is 0 Å². The highest BCUT2D eigenvalue weighted by molar-refractivity contribution is 5.79. The summed E-state index contributed by atoms with van der Waals surface area (Å²) in [5, 5.41) is 6.83. The average molecular weight is 363 g/mol. The summed E-state index contributed by atoms with van der Waals surface area (Å²) in [7, 11) is 4.01. The van der Waals surface area contributed by atoms with E-state index in [4.69, 9.17) is 9.47 Å². The SMILES string of the molecule is CCOc1ccc(CCNC(=NC)NCC2CCCN2C)cc1OCC.